The van der Waals surface area contributed by atoms with Gasteiger partial charge in [-0.1, -0.05) is 23.3 Å². The Hall–Kier alpha value is -2.60. The van der Waals surface area contributed by atoms with Crippen LogP contribution in [0.25, 0.3) is 0 Å². The van der Waals surface area contributed by atoms with Gasteiger partial charge < -0.3 is 25.1 Å². The van der Waals surface area contributed by atoms with E-state index < -0.39 is 5.97 Å². The van der Waals surface area contributed by atoms with E-state index in [1.54, 1.807) is 7.11 Å². The normalized spacial score (nSPS) is 15.2. The van der Waals surface area contributed by atoms with Crippen LogP contribution >= 0.6 is 0 Å². The first-order valence-electron chi connectivity index (χ1n) is 9.38. The number of methoxy groups -OCH3 is 1. The minimum Gasteiger partial charge on any atom is -0.507 e. The molecule has 1 aliphatic heterocycles. The molecule has 1 unspecified atom stereocenters. The van der Waals surface area contributed by atoms with E-state index in [-0.39, 0.29) is 23.8 Å². The average Bonchev–Trinajstić information content (AvgIpc) is 3.05. The maximum absolute atomic E-state index is 12.0. The van der Waals surface area contributed by atoms with Crippen molar-refractivity contribution in [3.05, 3.63) is 45.6 Å². The van der Waals surface area contributed by atoms with Crippen LogP contribution < -0.4 is 10.5 Å². The fourth-order valence-electron chi connectivity index (χ4n) is 3.67. The summed E-state index contributed by atoms with van der Waals surface area (Å²) in [4.78, 5) is 23.4. The molecule has 152 valence electrons. The number of ether oxygens (including phenoxy) is 2. The highest BCUT2D eigenvalue weighted by Gasteiger charge is 2.31. The van der Waals surface area contributed by atoms with E-state index in [9.17, 15) is 14.7 Å². The van der Waals surface area contributed by atoms with E-state index in [4.69, 9.17) is 15.2 Å². The molecule has 0 radical (unpaired) electrons. The highest BCUT2D eigenvalue weighted by Crippen LogP contribution is 2.42. The maximum atomic E-state index is 12.0. The third-order valence-corrected chi connectivity index (χ3v) is 5.13. The van der Waals surface area contributed by atoms with Crippen molar-refractivity contribution in [2.75, 3.05) is 13.7 Å². The van der Waals surface area contributed by atoms with Crippen LogP contribution in [0.2, 0.25) is 0 Å². The summed E-state index contributed by atoms with van der Waals surface area (Å²) in [5.74, 6) is -0.153. The zero-order valence-electron chi connectivity index (χ0n) is 17.0. The molecule has 1 heterocycles. The monoisotopic (exact) mass is 387 g/mol. The lowest BCUT2D eigenvalue weighted by atomic mass is 9.92. The first-order valence-corrected chi connectivity index (χ1v) is 9.38. The second-order valence-corrected chi connectivity index (χ2v) is 7.26. The first-order chi connectivity index (χ1) is 13.3. The van der Waals surface area contributed by atoms with E-state index in [0.29, 0.717) is 42.7 Å². The molecule has 0 saturated heterocycles. The number of hydrogen-bond donors (Lipinski definition) is 2. The standard InChI is InChI=1S/C22H29NO5/c1-13(9-16(11-24)10-14(2)7-8-23)5-6-17-20(25)19-18(12-28-22(19)26)15(3)21(17)27-4/h5,7,11,16,25H,6,8-10,12,23H2,1-4H3/b13-5+,14-7+. The molecule has 2 rings (SSSR count). The smallest absolute Gasteiger partial charge is 0.342 e. The molecule has 0 aliphatic carbocycles. The van der Waals surface area contributed by atoms with Crippen LogP contribution in [0.4, 0.5) is 0 Å². The van der Waals surface area contributed by atoms with Gasteiger partial charge in [-0.25, -0.2) is 4.79 Å². The van der Waals surface area contributed by atoms with Crippen molar-refractivity contribution >= 4 is 12.3 Å². The Balaban J connectivity index is 2.24. The van der Waals surface area contributed by atoms with E-state index in [0.717, 1.165) is 23.0 Å². The number of fused-ring (bicyclic) bond motifs is 1. The van der Waals surface area contributed by atoms with Crippen LogP contribution in [0.3, 0.4) is 0 Å². The topological polar surface area (TPSA) is 98.9 Å². The SMILES string of the molecule is COc1c(C)c2c(c(O)c1C/C=C(\C)CC(C=O)C/C(C)=C/CN)C(=O)OC2. The molecular formula is C22H29NO5. The molecule has 0 bridgehead atoms. The predicted molar refractivity (Wildman–Crippen MR) is 108 cm³/mol. The van der Waals surface area contributed by atoms with Gasteiger partial charge in [-0.15, -0.1) is 0 Å². The molecular weight excluding hydrogens is 358 g/mol. The molecule has 0 saturated carbocycles. The third kappa shape index (κ3) is 4.62. The number of allylic oxidation sites excluding steroid dienone is 3. The molecule has 1 aromatic carbocycles. The van der Waals surface area contributed by atoms with Crippen molar-refractivity contribution in [2.24, 2.45) is 11.7 Å². The second-order valence-electron chi connectivity index (χ2n) is 7.26. The Kier molecular flexibility index (Phi) is 7.40. The number of carbonyl (C=O) groups is 2. The molecule has 1 atom stereocenters. The van der Waals surface area contributed by atoms with Crippen molar-refractivity contribution in [3.8, 4) is 11.5 Å². The van der Waals surface area contributed by atoms with Gasteiger partial charge in [0.05, 0.1) is 7.11 Å². The van der Waals surface area contributed by atoms with Gasteiger partial charge in [0.2, 0.25) is 0 Å². The summed E-state index contributed by atoms with van der Waals surface area (Å²) in [7, 11) is 1.54. The summed E-state index contributed by atoms with van der Waals surface area (Å²) in [5, 5.41) is 10.6. The lowest BCUT2D eigenvalue weighted by molar-refractivity contribution is -0.111. The lowest BCUT2D eigenvalue weighted by Gasteiger charge is -2.16. The molecule has 6 nitrogen and oxygen atoms in total. The summed E-state index contributed by atoms with van der Waals surface area (Å²) in [5.41, 5.74) is 9.90. The number of rotatable bonds is 9. The first kappa shape index (κ1) is 21.7. The summed E-state index contributed by atoms with van der Waals surface area (Å²) in [6.07, 6.45) is 6.54. The highest BCUT2D eigenvalue weighted by molar-refractivity contribution is 5.98. The third-order valence-electron chi connectivity index (χ3n) is 5.13. The van der Waals surface area contributed by atoms with Gasteiger partial charge in [0.15, 0.2) is 0 Å². The minimum atomic E-state index is -0.511. The predicted octanol–water partition coefficient (Wildman–Crippen LogP) is 3.37. The molecule has 3 N–H and O–H groups in total. The van der Waals surface area contributed by atoms with Crippen molar-refractivity contribution in [3.63, 3.8) is 0 Å². The number of esters is 1. The Morgan fingerprint density at radius 2 is 1.93 bits per heavy atom. The Bertz CT molecular complexity index is 823. The number of nitrogens with two attached hydrogens (primary N) is 1. The van der Waals surface area contributed by atoms with Gasteiger partial charge in [-0.3, -0.25) is 0 Å². The lowest BCUT2D eigenvalue weighted by Crippen LogP contribution is -2.06. The van der Waals surface area contributed by atoms with Gasteiger partial charge in [0.25, 0.3) is 0 Å². The summed E-state index contributed by atoms with van der Waals surface area (Å²) in [6, 6.07) is 0. The van der Waals surface area contributed by atoms with Gasteiger partial charge in [-0.2, -0.15) is 0 Å². The van der Waals surface area contributed by atoms with E-state index in [1.807, 2.05) is 32.9 Å². The van der Waals surface area contributed by atoms with Crippen molar-refractivity contribution in [2.45, 2.75) is 46.6 Å². The molecule has 1 aromatic rings. The van der Waals surface area contributed by atoms with Crippen LogP contribution in [0.1, 0.15) is 53.7 Å². The molecule has 0 amide bonds. The Morgan fingerprint density at radius 3 is 2.50 bits per heavy atom. The zero-order valence-corrected chi connectivity index (χ0v) is 17.0. The molecule has 0 fully saturated rings. The van der Waals surface area contributed by atoms with E-state index in [1.165, 1.54) is 0 Å². The summed E-state index contributed by atoms with van der Waals surface area (Å²) < 4.78 is 10.6. The van der Waals surface area contributed by atoms with Gasteiger partial charge in [-0.05, 0) is 45.6 Å². The van der Waals surface area contributed by atoms with Crippen molar-refractivity contribution in [1.29, 1.82) is 0 Å². The molecule has 0 spiro atoms. The Labute approximate surface area is 166 Å². The zero-order chi connectivity index (χ0) is 20.8. The van der Waals surface area contributed by atoms with Crippen LogP contribution in [-0.2, 0) is 22.6 Å². The van der Waals surface area contributed by atoms with Gasteiger partial charge >= 0.3 is 5.97 Å². The molecule has 6 heteroatoms. The van der Waals surface area contributed by atoms with Crippen LogP contribution in [-0.4, -0.2) is 31.0 Å². The minimum absolute atomic E-state index is 0.0855. The number of aromatic hydroxyl groups is 1. The highest BCUT2D eigenvalue weighted by atomic mass is 16.5. The van der Waals surface area contributed by atoms with Crippen molar-refractivity contribution < 1.29 is 24.2 Å². The number of carbonyl (C=O) groups excluding carboxylic acids is 2. The van der Waals surface area contributed by atoms with Crippen molar-refractivity contribution in [1.82, 2.24) is 0 Å². The number of hydrogen-bond acceptors (Lipinski definition) is 6. The number of phenolic OH excluding ortho intramolecular Hbond substituents is 1. The molecule has 0 aromatic heterocycles. The molecule has 1 aliphatic rings. The second kappa shape index (κ2) is 9.55. The van der Waals surface area contributed by atoms with E-state index in [2.05, 4.69) is 0 Å². The van der Waals surface area contributed by atoms with Crippen LogP contribution in [0.5, 0.6) is 11.5 Å². The largest absolute Gasteiger partial charge is 0.507 e. The number of benzene rings is 1. The average molecular weight is 387 g/mol. The van der Waals surface area contributed by atoms with E-state index >= 15 is 0 Å². The van der Waals surface area contributed by atoms with Crippen LogP contribution in [0.15, 0.2) is 23.3 Å². The Morgan fingerprint density at radius 1 is 1.29 bits per heavy atom. The number of phenols is 1. The number of cyclic esters (lactones) is 1. The molecule has 28 heavy (non-hydrogen) atoms. The quantitative estimate of drug-likeness (QED) is 0.383. The summed E-state index contributed by atoms with van der Waals surface area (Å²) >= 11 is 0. The van der Waals surface area contributed by atoms with Crippen LogP contribution in [0, 0.1) is 12.8 Å². The fraction of sp³-hybridized carbons (Fsp3) is 0.455. The fourth-order valence-corrected chi connectivity index (χ4v) is 3.67. The number of aldehydes is 1. The summed E-state index contributed by atoms with van der Waals surface area (Å²) in [6.45, 7) is 6.39. The van der Waals surface area contributed by atoms with Gasteiger partial charge in [0, 0.05) is 23.6 Å². The van der Waals surface area contributed by atoms with Gasteiger partial charge in [0.1, 0.15) is 30.0 Å². The maximum Gasteiger partial charge on any atom is 0.342 e.